The molecule has 5 rings (SSSR count). The van der Waals surface area contributed by atoms with E-state index < -0.39 is 0 Å². The molecule has 0 saturated carbocycles. The third-order valence-corrected chi connectivity index (χ3v) is 5.68. The van der Waals surface area contributed by atoms with Gasteiger partial charge < -0.3 is 9.72 Å². The Morgan fingerprint density at radius 2 is 1.59 bits per heavy atom. The molecule has 0 bridgehead atoms. The number of methoxy groups -OCH3 is 1. The fourth-order valence-corrected chi connectivity index (χ4v) is 4.30. The summed E-state index contributed by atoms with van der Waals surface area (Å²) >= 11 is 0. The lowest BCUT2D eigenvalue weighted by Gasteiger charge is -2.13. The zero-order valence-corrected chi connectivity index (χ0v) is 16.6. The van der Waals surface area contributed by atoms with Crippen LogP contribution >= 0.6 is 0 Å². The van der Waals surface area contributed by atoms with Crippen LogP contribution in [0.15, 0.2) is 60.7 Å². The van der Waals surface area contributed by atoms with Crippen LogP contribution in [0.3, 0.4) is 0 Å². The summed E-state index contributed by atoms with van der Waals surface area (Å²) in [6.07, 6.45) is 0. The largest absolute Gasteiger partial charge is 0.495 e. The monoisotopic (exact) mass is 376 g/mol. The molecule has 0 atom stereocenters. The molecule has 5 aromatic rings. The Morgan fingerprint density at radius 1 is 0.828 bits per heavy atom. The molecular formula is C26H20N2O. The molecule has 3 heteroatoms. The lowest BCUT2D eigenvalue weighted by molar-refractivity contribution is 0.419. The molecule has 140 valence electrons. The maximum Gasteiger partial charge on any atom is 0.142 e. The molecule has 1 N–H and O–H groups in total. The predicted octanol–water partition coefficient (Wildman–Crippen LogP) is 6.64. The minimum absolute atomic E-state index is 0.699. The molecule has 1 aromatic heterocycles. The molecule has 0 amide bonds. The molecule has 29 heavy (non-hydrogen) atoms. The van der Waals surface area contributed by atoms with Gasteiger partial charge in [-0.25, -0.2) is 0 Å². The van der Waals surface area contributed by atoms with Gasteiger partial charge in [0.15, 0.2) is 0 Å². The zero-order chi connectivity index (χ0) is 20.1. The number of H-pyrrole nitrogens is 1. The van der Waals surface area contributed by atoms with E-state index in [0.29, 0.717) is 5.56 Å². The second kappa shape index (κ2) is 6.39. The van der Waals surface area contributed by atoms with Gasteiger partial charge in [0.2, 0.25) is 0 Å². The highest BCUT2D eigenvalue weighted by Gasteiger charge is 2.20. The summed E-state index contributed by atoms with van der Waals surface area (Å²) in [7, 11) is 1.67. The minimum atomic E-state index is 0.699. The Balaban J connectivity index is 2.09. The van der Waals surface area contributed by atoms with E-state index in [1.807, 2.05) is 12.1 Å². The summed E-state index contributed by atoms with van der Waals surface area (Å²) in [4.78, 5) is 3.59. The molecule has 4 aromatic carbocycles. The van der Waals surface area contributed by atoms with Crippen LogP contribution in [0.25, 0.3) is 43.7 Å². The Morgan fingerprint density at radius 3 is 2.31 bits per heavy atom. The molecule has 0 saturated heterocycles. The normalized spacial score (nSPS) is 11.2. The Kier molecular flexibility index (Phi) is 3.82. The van der Waals surface area contributed by atoms with Crippen molar-refractivity contribution in [3.8, 4) is 22.9 Å². The van der Waals surface area contributed by atoms with Crippen molar-refractivity contribution in [1.82, 2.24) is 4.98 Å². The number of fused-ring (bicyclic) bond motifs is 4. The van der Waals surface area contributed by atoms with Crippen LogP contribution in [0.2, 0.25) is 0 Å². The first-order valence-corrected chi connectivity index (χ1v) is 9.64. The van der Waals surface area contributed by atoms with Crippen molar-refractivity contribution in [1.29, 1.82) is 5.26 Å². The number of rotatable bonds is 2. The smallest absolute Gasteiger partial charge is 0.142 e. The molecule has 0 fully saturated rings. The second-order valence-electron chi connectivity index (χ2n) is 7.53. The van der Waals surface area contributed by atoms with Crippen molar-refractivity contribution in [3.05, 3.63) is 77.4 Å². The predicted molar refractivity (Wildman–Crippen MR) is 119 cm³/mol. The summed E-state index contributed by atoms with van der Waals surface area (Å²) in [5.41, 5.74) is 7.23. The number of benzene rings is 4. The zero-order valence-electron chi connectivity index (χ0n) is 16.6. The number of nitrogens with zero attached hydrogens (tertiary/aromatic N) is 1. The summed E-state index contributed by atoms with van der Waals surface area (Å²) in [5.74, 6) is 0.776. The van der Waals surface area contributed by atoms with Crippen molar-refractivity contribution >= 4 is 32.6 Å². The Labute approximate surface area is 169 Å². The standard InChI is InChI=1S/C26H20N2O/c1-15-7-10-17(11-8-15)23-20-13-16(2)9-12-18(20)21(14-27)24-19-5-4-6-22(29-3)25(19)28-26(23)24/h4-13,28H,1-3H3. The van der Waals surface area contributed by atoms with E-state index in [0.717, 1.165) is 49.5 Å². The Hall–Kier alpha value is -3.77. The SMILES string of the molecule is COc1cccc2c1[nH]c1c(-c3ccc(C)cc3)c3cc(C)ccc3c(C#N)c12. The first kappa shape index (κ1) is 17.3. The maximum absolute atomic E-state index is 10.1. The summed E-state index contributed by atoms with van der Waals surface area (Å²) in [6.45, 7) is 4.18. The number of aromatic nitrogens is 1. The first-order valence-electron chi connectivity index (χ1n) is 9.64. The minimum Gasteiger partial charge on any atom is -0.495 e. The average molecular weight is 376 g/mol. The molecule has 1 heterocycles. The summed E-state index contributed by atoms with van der Waals surface area (Å²) in [5, 5.41) is 14.1. The Bertz CT molecular complexity index is 1450. The third-order valence-electron chi connectivity index (χ3n) is 5.68. The van der Waals surface area contributed by atoms with Gasteiger partial charge in [0, 0.05) is 21.7 Å². The quantitative estimate of drug-likeness (QED) is 0.375. The van der Waals surface area contributed by atoms with Gasteiger partial charge in [0.05, 0.1) is 23.7 Å². The van der Waals surface area contributed by atoms with Gasteiger partial charge in [0.25, 0.3) is 0 Å². The lowest BCUT2D eigenvalue weighted by atomic mass is 9.90. The fourth-order valence-electron chi connectivity index (χ4n) is 4.30. The van der Waals surface area contributed by atoms with Crippen molar-refractivity contribution in [2.24, 2.45) is 0 Å². The van der Waals surface area contributed by atoms with E-state index >= 15 is 0 Å². The number of aromatic amines is 1. The van der Waals surface area contributed by atoms with Crippen LogP contribution in [0.1, 0.15) is 16.7 Å². The number of nitrogens with one attached hydrogen (secondary N) is 1. The van der Waals surface area contributed by atoms with Crippen molar-refractivity contribution < 1.29 is 4.74 Å². The van der Waals surface area contributed by atoms with Crippen LogP contribution in [0.4, 0.5) is 0 Å². The van der Waals surface area contributed by atoms with Crippen molar-refractivity contribution in [2.75, 3.05) is 7.11 Å². The molecular weight excluding hydrogens is 356 g/mol. The number of ether oxygens (including phenoxy) is 1. The number of hydrogen-bond donors (Lipinski definition) is 1. The van der Waals surface area contributed by atoms with E-state index in [1.54, 1.807) is 7.11 Å². The van der Waals surface area contributed by atoms with E-state index in [-0.39, 0.29) is 0 Å². The third kappa shape index (κ3) is 2.50. The molecule has 0 aliphatic carbocycles. The van der Waals surface area contributed by atoms with Gasteiger partial charge >= 0.3 is 0 Å². The van der Waals surface area contributed by atoms with Crippen LogP contribution in [0, 0.1) is 25.2 Å². The molecule has 0 aliphatic heterocycles. The van der Waals surface area contributed by atoms with E-state index in [9.17, 15) is 5.26 Å². The van der Waals surface area contributed by atoms with Gasteiger partial charge in [-0.05, 0) is 30.9 Å². The molecule has 0 aliphatic rings. The van der Waals surface area contributed by atoms with Crippen LogP contribution < -0.4 is 4.74 Å². The van der Waals surface area contributed by atoms with E-state index in [2.05, 4.69) is 73.4 Å². The van der Waals surface area contributed by atoms with Gasteiger partial charge in [-0.1, -0.05) is 65.7 Å². The summed E-state index contributed by atoms with van der Waals surface area (Å²) < 4.78 is 5.59. The highest BCUT2D eigenvalue weighted by molar-refractivity contribution is 6.23. The van der Waals surface area contributed by atoms with Gasteiger partial charge in [-0.3, -0.25) is 0 Å². The number of nitriles is 1. The number of aryl methyl sites for hydroxylation is 2. The van der Waals surface area contributed by atoms with E-state index in [1.165, 1.54) is 11.1 Å². The molecule has 3 nitrogen and oxygen atoms in total. The maximum atomic E-state index is 10.1. The molecule has 0 radical (unpaired) electrons. The topological polar surface area (TPSA) is 48.8 Å². The lowest BCUT2D eigenvalue weighted by Crippen LogP contribution is -1.90. The highest BCUT2D eigenvalue weighted by atomic mass is 16.5. The average Bonchev–Trinajstić information content (AvgIpc) is 3.12. The van der Waals surface area contributed by atoms with Crippen molar-refractivity contribution in [3.63, 3.8) is 0 Å². The number of hydrogen-bond acceptors (Lipinski definition) is 2. The second-order valence-corrected chi connectivity index (χ2v) is 7.53. The number of para-hydroxylation sites is 1. The van der Waals surface area contributed by atoms with Crippen molar-refractivity contribution in [2.45, 2.75) is 13.8 Å². The molecule has 0 unspecified atom stereocenters. The van der Waals surface area contributed by atoms with E-state index in [4.69, 9.17) is 4.74 Å². The van der Waals surface area contributed by atoms with Crippen LogP contribution in [-0.2, 0) is 0 Å². The first-order chi connectivity index (χ1) is 14.1. The van der Waals surface area contributed by atoms with Gasteiger partial charge in [0.1, 0.15) is 11.8 Å². The summed E-state index contributed by atoms with van der Waals surface area (Å²) in [6, 6.07) is 23.3. The van der Waals surface area contributed by atoms with Gasteiger partial charge in [-0.15, -0.1) is 0 Å². The van der Waals surface area contributed by atoms with Gasteiger partial charge in [-0.2, -0.15) is 5.26 Å². The molecule has 0 spiro atoms. The fraction of sp³-hybridized carbons (Fsp3) is 0.115. The van der Waals surface area contributed by atoms with Crippen LogP contribution in [-0.4, -0.2) is 12.1 Å². The highest BCUT2D eigenvalue weighted by Crippen LogP contribution is 2.43. The van der Waals surface area contributed by atoms with Crippen LogP contribution in [0.5, 0.6) is 5.75 Å².